The lowest BCUT2D eigenvalue weighted by atomic mass is 9.84. The van der Waals surface area contributed by atoms with Crippen LogP contribution in [0.3, 0.4) is 0 Å². The Balaban J connectivity index is 1.25. The summed E-state index contributed by atoms with van der Waals surface area (Å²) < 4.78 is 1.70. The molecule has 4 aliphatic rings. The van der Waals surface area contributed by atoms with Gasteiger partial charge in [0.1, 0.15) is 16.9 Å². The standard InChI is InChI=1S/C43H52N4O8/c1-46-37-21-20-31(40(48)35(22-27-12-4-2-5-13-27)44-54-42(50)29-16-8-9-17-29)24-33(37)34-25-32(26-38(39(34)46)47(52)53)41(49)36(23-28-14-6-3-7-15-28)45-55-43(51)30-18-10-11-19-30/h20-21,24-30H,2-19,22-23H2,1H3/b44-35+,45-36+. The zero-order valence-electron chi connectivity index (χ0n) is 31.9. The van der Waals surface area contributed by atoms with Crippen molar-refractivity contribution in [1.82, 2.24) is 4.57 Å². The first-order valence-corrected chi connectivity index (χ1v) is 20.5. The van der Waals surface area contributed by atoms with Gasteiger partial charge in [0.2, 0.25) is 11.6 Å². The molecule has 292 valence electrons. The van der Waals surface area contributed by atoms with E-state index in [4.69, 9.17) is 9.68 Å². The van der Waals surface area contributed by atoms with Crippen molar-refractivity contribution in [3.63, 3.8) is 0 Å². The third-order valence-corrected chi connectivity index (χ3v) is 12.6. The lowest BCUT2D eigenvalue weighted by molar-refractivity contribution is -0.383. The molecule has 0 atom stereocenters. The first-order chi connectivity index (χ1) is 26.7. The number of hydrogen-bond acceptors (Lipinski definition) is 10. The molecule has 0 bridgehead atoms. The summed E-state index contributed by atoms with van der Waals surface area (Å²) in [6.45, 7) is 0. The number of fused-ring (bicyclic) bond motifs is 3. The smallest absolute Gasteiger partial charge is 0.338 e. The van der Waals surface area contributed by atoms with Crippen molar-refractivity contribution in [2.24, 2.45) is 41.0 Å². The highest BCUT2D eigenvalue weighted by Crippen LogP contribution is 2.37. The van der Waals surface area contributed by atoms with E-state index in [1.165, 1.54) is 6.07 Å². The van der Waals surface area contributed by atoms with Crippen molar-refractivity contribution in [3.05, 3.63) is 51.6 Å². The molecule has 4 fully saturated rings. The van der Waals surface area contributed by atoms with E-state index in [-0.39, 0.29) is 52.1 Å². The lowest BCUT2D eigenvalue weighted by Gasteiger charge is -2.21. The Hall–Kier alpha value is -4.74. The highest BCUT2D eigenvalue weighted by molar-refractivity contribution is 6.47. The predicted octanol–water partition coefficient (Wildman–Crippen LogP) is 9.72. The van der Waals surface area contributed by atoms with E-state index < -0.39 is 22.6 Å². The highest BCUT2D eigenvalue weighted by atomic mass is 16.7. The molecule has 3 aromatic rings. The summed E-state index contributed by atoms with van der Waals surface area (Å²) in [5.41, 5.74) is 1.33. The molecule has 12 heteroatoms. The van der Waals surface area contributed by atoms with Crippen molar-refractivity contribution >= 4 is 62.4 Å². The molecule has 7 rings (SSSR count). The van der Waals surface area contributed by atoms with Crippen LogP contribution in [0.15, 0.2) is 40.6 Å². The molecule has 0 radical (unpaired) electrons. The van der Waals surface area contributed by atoms with Gasteiger partial charge in [-0.3, -0.25) is 19.7 Å². The fraction of sp³-hybridized carbons (Fsp3) is 0.581. The molecular formula is C43H52N4O8. The van der Waals surface area contributed by atoms with Gasteiger partial charge in [-0.2, -0.15) is 0 Å². The van der Waals surface area contributed by atoms with Crippen LogP contribution in [0.4, 0.5) is 5.69 Å². The van der Waals surface area contributed by atoms with Gasteiger partial charge in [-0.25, -0.2) is 9.59 Å². The van der Waals surface area contributed by atoms with Crippen LogP contribution in [0.5, 0.6) is 0 Å². The van der Waals surface area contributed by atoms with E-state index in [1.54, 1.807) is 35.9 Å². The van der Waals surface area contributed by atoms with Crippen LogP contribution in [0.2, 0.25) is 0 Å². The quantitative estimate of drug-likeness (QED) is 0.0548. The fourth-order valence-electron chi connectivity index (χ4n) is 9.43. The molecule has 0 aliphatic heterocycles. The van der Waals surface area contributed by atoms with Crippen LogP contribution < -0.4 is 0 Å². The maximum atomic E-state index is 14.3. The maximum Gasteiger partial charge on any atom is 0.338 e. The van der Waals surface area contributed by atoms with E-state index >= 15 is 0 Å². The number of non-ortho nitro benzene ring substituents is 1. The number of nitro groups is 1. The number of carbonyl (C=O) groups excluding carboxylic acids is 4. The molecule has 2 aromatic carbocycles. The van der Waals surface area contributed by atoms with Crippen LogP contribution in [-0.4, -0.2) is 44.4 Å². The number of hydrogen-bond donors (Lipinski definition) is 0. The van der Waals surface area contributed by atoms with Crippen molar-refractivity contribution < 1.29 is 33.8 Å². The molecule has 0 unspecified atom stereocenters. The summed E-state index contributed by atoms with van der Waals surface area (Å²) in [5, 5.41) is 22.0. The second-order valence-corrected chi connectivity index (χ2v) is 16.4. The molecule has 0 N–H and O–H groups in total. The minimum absolute atomic E-state index is 0.0632. The molecule has 55 heavy (non-hydrogen) atoms. The van der Waals surface area contributed by atoms with Crippen molar-refractivity contribution in [2.75, 3.05) is 0 Å². The van der Waals surface area contributed by atoms with E-state index in [9.17, 15) is 29.3 Å². The zero-order valence-corrected chi connectivity index (χ0v) is 31.9. The van der Waals surface area contributed by atoms with Crippen molar-refractivity contribution in [2.45, 2.75) is 128 Å². The summed E-state index contributed by atoms with van der Waals surface area (Å²) in [4.78, 5) is 77.2. The molecule has 0 saturated heterocycles. The van der Waals surface area contributed by atoms with Crippen LogP contribution in [0, 0.1) is 33.8 Å². The molecule has 4 aliphatic carbocycles. The SMILES string of the molecule is Cn1c2ccc(C(=O)/C(CC3CCCCC3)=N/OC(=O)C3CCCC3)cc2c2cc(C(=O)/C(CC3CCCCC3)=N/OC(=O)C3CCCC3)cc([N+](=O)[O-])c21. The Morgan fingerprint density at radius 1 is 0.655 bits per heavy atom. The third-order valence-electron chi connectivity index (χ3n) is 12.6. The summed E-state index contributed by atoms with van der Waals surface area (Å²) in [6.07, 6.45) is 17.8. The minimum Gasteiger partial charge on any atom is -0.338 e. The van der Waals surface area contributed by atoms with Gasteiger partial charge in [-0.1, -0.05) is 100 Å². The topological polar surface area (TPSA) is 160 Å². The Morgan fingerprint density at radius 2 is 1.11 bits per heavy atom. The second-order valence-electron chi connectivity index (χ2n) is 16.4. The van der Waals surface area contributed by atoms with E-state index in [2.05, 4.69) is 10.3 Å². The molecule has 12 nitrogen and oxygen atoms in total. The Morgan fingerprint density at radius 3 is 1.60 bits per heavy atom. The van der Waals surface area contributed by atoms with Crippen molar-refractivity contribution in [1.29, 1.82) is 0 Å². The number of nitro benzene ring substituents is 1. The lowest BCUT2D eigenvalue weighted by Crippen LogP contribution is -2.22. The molecule has 0 amide bonds. The van der Waals surface area contributed by atoms with Gasteiger partial charge in [-0.05, 0) is 74.6 Å². The first-order valence-electron chi connectivity index (χ1n) is 20.5. The number of carbonyl (C=O) groups is 4. The van der Waals surface area contributed by atoms with Crippen LogP contribution in [-0.2, 0) is 26.3 Å². The van der Waals surface area contributed by atoms with Gasteiger partial charge in [-0.15, -0.1) is 0 Å². The van der Waals surface area contributed by atoms with Gasteiger partial charge in [0.05, 0.1) is 16.8 Å². The van der Waals surface area contributed by atoms with E-state index in [1.807, 2.05) is 0 Å². The number of oxime groups is 2. The van der Waals surface area contributed by atoms with Crippen LogP contribution >= 0.6 is 0 Å². The summed E-state index contributed by atoms with van der Waals surface area (Å²) >= 11 is 0. The minimum atomic E-state index is -0.523. The summed E-state index contributed by atoms with van der Waals surface area (Å²) in [7, 11) is 1.72. The Kier molecular flexibility index (Phi) is 12.2. The first kappa shape index (κ1) is 38.5. The molecule has 1 aromatic heterocycles. The average molecular weight is 753 g/mol. The largest absolute Gasteiger partial charge is 0.338 e. The molecule has 1 heterocycles. The average Bonchev–Trinajstić information content (AvgIpc) is 4.00. The zero-order chi connectivity index (χ0) is 38.5. The Labute approximate surface area is 321 Å². The third kappa shape index (κ3) is 8.73. The van der Waals surface area contributed by atoms with Gasteiger partial charge in [0.25, 0.3) is 5.69 Å². The van der Waals surface area contributed by atoms with Crippen molar-refractivity contribution in [3.8, 4) is 0 Å². The highest BCUT2D eigenvalue weighted by Gasteiger charge is 2.31. The van der Waals surface area contributed by atoms with E-state index in [0.29, 0.717) is 40.2 Å². The summed E-state index contributed by atoms with van der Waals surface area (Å²) in [5.74, 6) is -1.75. The molecule has 0 spiro atoms. The van der Waals surface area contributed by atoms with Gasteiger partial charge < -0.3 is 14.2 Å². The second kappa shape index (κ2) is 17.4. The van der Waals surface area contributed by atoms with E-state index in [0.717, 1.165) is 116 Å². The number of aryl methyl sites for hydroxylation is 1. The van der Waals surface area contributed by atoms with Crippen LogP contribution in [0.1, 0.15) is 149 Å². The normalized spacial score (nSPS) is 19.7. The molecule has 4 saturated carbocycles. The number of benzene rings is 2. The number of rotatable bonds is 13. The summed E-state index contributed by atoms with van der Waals surface area (Å²) in [6, 6.07) is 8.00. The monoisotopic (exact) mass is 752 g/mol. The Bertz CT molecular complexity index is 2020. The predicted molar refractivity (Wildman–Crippen MR) is 209 cm³/mol. The number of ketones is 2. The fourth-order valence-corrected chi connectivity index (χ4v) is 9.43. The number of nitrogens with zero attached hydrogens (tertiary/aromatic N) is 4. The van der Waals surface area contributed by atoms with Gasteiger partial charge in [0, 0.05) is 40.5 Å². The van der Waals surface area contributed by atoms with Gasteiger partial charge >= 0.3 is 11.9 Å². The molecular weight excluding hydrogens is 700 g/mol. The maximum absolute atomic E-state index is 14.3. The van der Waals surface area contributed by atoms with Gasteiger partial charge in [0.15, 0.2) is 0 Å². The number of aromatic nitrogens is 1. The number of Topliss-reactive ketones (excluding diaryl/α,β-unsaturated/α-hetero) is 2. The van der Waals surface area contributed by atoms with Crippen LogP contribution in [0.25, 0.3) is 21.8 Å².